The van der Waals surface area contributed by atoms with Crippen molar-refractivity contribution in [3.63, 3.8) is 0 Å². The van der Waals surface area contributed by atoms with Gasteiger partial charge in [-0.25, -0.2) is 0 Å². The molecular formula is C17H12Cl2O2. The van der Waals surface area contributed by atoms with Crippen LogP contribution >= 0.6 is 23.2 Å². The first-order valence-corrected chi connectivity index (χ1v) is 7.36. The highest BCUT2D eigenvalue weighted by Crippen LogP contribution is 2.26. The van der Waals surface area contributed by atoms with Gasteiger partial charge in [-0.3, -0.25) is 4.79 Å². The molecule has 106 valence electrons. The van der Waals surface area contributed by atoms with Crippen molar-refractivity contribution in [3.05, 3.63) is 69.4 Å². The quantitative estimate of drug-likeness (QED) is 0.594. The highest BCUT2D eigenvalue weighted by atomic mass is 35.5. The van der Waals surface area contributed by atoms with Crippen LogP contribution in [0.4, 0.5) is 0 Å². The molecule has 1 heterocycles. The average Bonchev–Trinajstić information content (AvgIpc) is 2.91. The van der Waals surface area contributed by atoms with Gasteiger partial charge >= 0.3 is 0 Å². The fourth-order valence-corrected chi connectivity index (χ4v) is 2.50. The molecule has 21 heavy (non-hydrogen) atoms. The van der Waals surface area contributed by atoms with E-state index < -0.39 is 0 Å². The number of ketones is 1. The van der Waals surface area contributed by atoms with E-state index in [2.05, 4.69) is 0 Å². The average molecular weight is 319 g/mol. The minimum absolute atomic E-state index is 0.107. The molecule has 0 aliphatic carbocycles. The number of benzene rings is 2. The van der Waals surface area contributed by atoms with Gasteiger partial charge in [0.2, 0.25) is 0 Å². The zero-order valence-corrected chi connectivity index (χ0v) is 12.8. The second-order valence-electron chi connectivity index (χ2n) is 4.78. The predicted octanol–water partition coefficient (Wildman–Crippen LogP) is 5.53. The van der Waals surface area contributed by atoms with Crippen LogP contribution in [-0.2, 0) is 6.42 Å². The molecule has 3 rings (SSSR count). The highest BCUT2D eigenvalue weighted by Gasteiger charge is 2.13. The number of carbonyl (C=O) groups is 1. The summed E-state index contributed by atoms with van der Waals surface area (Å²) in [7, 11) is 0. The van der Waals surface area contributed by atoms with Crippen LogP contribution in [0, 0.1) is 0 Å². The Morgan fingerprint density at radius 2 is 1.71 bits per heavy atom. The SMILES string of the molecule is CCc1cc2ccc(C(=O)c3ccc(Cl)c(Cl)c3)cc2o1. The van der Waals surface area contributed by atoms with E-state index >= 15 is 0 Å². The van der Waals surface area contributed by atoms with Crippen LogP contribution in [-0.4, -0.2) is 5.78 Å². The molecule has 0 aliphatic rings. The van der Waals surface area contributed by atoms with Gasteiger partial charge < -0.3 is 4.42 Å². The molecule has 2 nitrogen and oxygen atoms in total. The molecule has 1 aromatic heterocycles. The van der Waals surface area contributed by atoms with Crippen LogP contribution in [0.25, 0.3) is 11.0 Å². The van der Waals surface area contributed by atoms with Crippen molar-refractivity contribution >= 4 is 40.0 Å². The normalized spacial score (nSPS) is 11.0. The zero-order chi connectivity index (χ0) is 15.0. The van der Waals surface area contributed by atoms with E-state index in [1.807, 2.05) is 19.1 Å². The summed E-state index contributed by atoms with van der Waals surface area (Å²) in [6, 6.07) is 12.3. The minimum Gasteiger partial charge on any atom is -0.461 e. The number of carbonyl (C=O) groups excluding carboxylic acids is 1. The molecule has 0 aliphatic heterocycles. The maximum absolute atomic E-state index is 12.5. The Labute approximate surface area is 132 Å². The lowest BCUT2D eigenvalue weighted by Gasteiger charge is -2.03. The number of fused-ring (bicyclic) bond motifs is 1. The summed E-state index contributed by atoms with van der Waals surface area (Å²) >= 11 is 11.8. The third kappa shape index (κ3) is 2.69. The van der Waals surface area contributed by atoms with Crippen molar-refractivity contribution in [1.29, 1.82) is 0 Å². The number of furan rings is 1. The van der Waals surface area contributed by atoms with Crippen LogP contribution in [0.15, 0.2) is 46.9 Å². The van der Waals surface area contributed by atoms with Crippen molar-refractivity contribution in [2.45, 2.75) is 13.3 Å². The number of rotatable bonds is 3. The minimum atomic E-state index is -0.107. The van der Waals surface area contributed by atoms with Gasteiger partial charge in [0.15, 0.2) is 5.78 Å². The van der Waals surface area contributed by atoms with E-state index in [1.54, 1.807) is 30.3 Å². The van der Waals surface area contributed by atoms with E-state index in [0.717, 1.165) is 23.2 Å². The molecule has 4 heteroatoms. The molecule has 0 saturated carbocycles. The van der Waals surface area contributed by atoms with Crippen LogP contribution in [0.5, 0.6) is 0 Å². The summed E-state index contributed by atoms with van der Waals surface area (Å²) in [6.45, 7) is 2.03. The first kappa shape index (κ1) is 14.2. The van der Waals surface area contributed by atoms with Crippen molar-refractivity contribution in [2.24, 2.45) is 0 Å². The summed E-state index contributed by atoms with van der Waals surface area (Å²) < 4.78 is 5.69. The predicted molar refractivity (Wildman–Crippen MR) is 85.5 cm³/mol. The van der Waals surface area contributed by atoms with Crippen LogP contribution in [0.3, 0.4) is 0 Å². The van der Waals surface area contributed by atoms with Crippen molar-refractivity contribution in [1.82, 2.24) is 0 Å². The largest absolute Gasteiger partial charge is 0.461 e. The van der Waals surface area contributed by atoms with Crippen LogP contribution in [0.1, 0.15) is 28.6 Å². The van der Waals surface area contributed by atoms with E-state index in [9.17, 15) is 4.79 Å². The Bertz CT molecular complexity index is 834. The molecule has 2 aromatic carbocycles. The fraction of sp³-hybridized carbons (Fsp3) is 0.118. The molecule has 0 fully saturated rings. The van der Waals surface area contributed by atoms with E-state index in [0.29, 0.717) is 21.2 Å². The second-order valence-corrected chi connectivity index (χ2v) is 5.59. The maximum Gasteiger partial charge on any atom is 0.193 e. The Kier molecular flexibility index (Phi) is 3.75. The smallest absolute Gasteiger partial charge is 0.193 e. The molecule has 0 saturated heterocycles. The molecular weight excluding hydrogens is 307 g/mol. The van der Waals surface area contributed by atoms with Gasteiger partial charge in [0.05, 0.1) is 10.0 Å². The summed E-state index contributed by atoms with van der Waals surface area (Å²) in [4.78, 5) is 12.5. The van der Waals surface area contributed by atoms with Crippen LogP contribution in [0.2, 0.25) is 10.0 Å². The van der Waals surface area contributed by atoms with Crippen molar-refractivity contribution in [2.75, 3.05) is 0 Å². The zero-order valence-electron chi connectivity index (χ0n) is 11.3. The van der Waals surface area contributed by atoms with Crippen molar-refractivity contribution in [3.8, 4) is 0 Å². The Morgan fingerprint density at radius 1 is 1.00 bits per heavy atom. The van der Waals surface area contributed by atoms with E-state index in [-0.39, 0.29) is 5.78 Å². The second kappa shape index (κ2) is 5.55. The van der Waals surface area contributed by atoms with Gasteiger partial charge in [0, 0.05) is 22.9 Å². The fourth-order valence-electron chi connectivity index (χ4n) is 2.21. The molecule has 0 bridgehead atoms. The molecule has 3 aromatic rings. The van der Waals surface area contributed by atoms with Gasteiger partial charge in [0.25, 0.3) is 0 Å². The lowest BCUT2D eigenvalue weighted by atomic mass is 10.0. The maximum atomic E-state index is 12.5. The molecule has 0 N–H and O–H groups in total. The van der Waals surface area contributed by atoms with Gasteiger partial charge in [0.1, 0.15) is 11.3 Å². The topological polar surface area (TPSA) is 30.2 Å². The number of halogens is 2. The first-order chi connectivity index (χ1) is 10.1. The third-order valence-electron chi connectivity index (χ3n) is 3.36. The molecule has 0 amide bonds. The standard InChI is InChI=1S/C17H12Cl2O2/c1-2-13-7-10-3-4-12(9-16(10)21-13)17(20)11-5-6-14(18)15(19)8-11/h3-9H,2H2,1H3. The van der Waals surface area contributed by atoms with Gasteiger partial charge in [-0.05, 0) is 30.3 Å². The van der Waals surface area contributed by atoms with Gasteiger partial charge in [-0.2, -0.15) is 0 Å². The van der Waals surface area contributed by atoms with Gasteiger partial charge in [-0.1, -0.05) is 42.3 Å². The Hall–Kier alpha value is -1.77. The number of hydrogen-bond acceptors (Lipinski definition) is 2. The van der Waals surface area contributed by atoms with Crippen molar-refractivity contribution < 1.29 is 9.21 Å². The first-order valence-electron chi connectivity index (χ1n) is 6.60. The van der Waals surface area contributed by atoms with E-state index in [1.165, 1.54) is 0 Å². The lowest BCUT2D eigenvalue weighted by molar-refractivity contribution is 0.103. The summed E-state index contributed by atoms with van der Waals surface area (Å²) in [5, 5.41) is 1.80. The van der Waals surface area contributed by atoms with E-state index in [4.69, 9.17) is 27.6 Å². The molecule has 0 radical (unpaired) electrons. The lowest BCUT2D eigenvalue weighted by Crippen LogP contribution is -2.00. The summed E-state index contributed by atoms with van der Waals surface area (Å²) in [5.74, 6) is 0.800. The highest BCUT2D eigenvalue weighted by molar-refractivity contribution is 6.42. The molecule has 0 atom stereocenters. The van der Waals surface area contributed by atoms with Gasteiger partial charge in [-0.15, -0.1) is 0 Å². The number of hydrogen-bond donors (Lipinski definition) is 0. The molecule has 0 unspecified atom stereocenters. The monoisotopic (exact) mass is 318 g/mol. The summed E-state index contributed by atoms with van der Waals surface area (Å²) in [5.41, 5.74) is 1.79. The number of aryl methyl sites for hydroxylation is 1. The van der Waals surface area contributed by atoms with Crippen LogP contribution < -0.4 is 0 Å². The Morgan fingerprint density at radius 3 is 2.43 bits per heavy atom. The third-order valence-corrected chi connectivity index (χ3v) is 4.10. The summed E-state index contributed by atoms with van der Waals surface area (Å²) in [6.07, 6.45) is 0.824. The Balaban J connectivity index is 2.02. The molecule has 0 spiro atoms.